The molecule has 4 fully saturated rings. The molecule has 0 amide bonds. The van der Waals surface area contributed by atoms with Gasteiger partial charge in [0.1, 0.15) is 6.10 Å². The Morgan fingerprint density at radius 1 is 1.09 bits per heavy atom. The zero-order valence-corrected chi connectivity index (χ0v) is 20.6. The third-order valence-electron chi connectivity index (χ3n) is 7.44. The summed E-state index contributed by atoms with van der Waals surface area (Å²) in [4.78, 5) is 12.0. The fourth-order valence-electron chi connectivity index (χ4n) is 5.48. The Labute approximate surface area is 199 Å². The van der Waals surface area contributed by atoms with Gasteiger partial charge in [-0.2, -0.15) is 0 Å². The molecule has 0 N–H and O–H groups in total. The first-order valence-corrected chi connectivity index (χ1v) is 13.0. The highest BCUT2D eigenvalue weighted by Gasteiger charge is 2.50. The number of hydrogen-bond donors (Lipinski definition) is 0. The summed E-state index contributed by atoms with van der Waals surface area (Å²) in [5.74, 6) is 0.528. The highest BCUT2D eigenvalue weighted by Crippen LogP contribution is 2.44. The van der Waals surface area contributed by atoms with Crippen molar-refractivity contribution in [3.8, 4) is 0 Å². The molecular weight excluding hydrogens is 420 g/mol. The van der Waals surface area contributed by atoms with Crippen molar-refractivity contribution >= 4 is 5.97 Å². The van der Waals surface area contributed by atoms with Gasteiger partial charge in [0.15, 0.2) is 12.6 Å². The molecule has 0 aromatic rings. The van der Waals surface area contributed by atoms with Gasteiger partial charge in [-0.25, -0.2) is 0 Å². The van der Waals surface area contributed by atoms with Crippen LogP contribution >= 0.6 is 0 Å². The van der Waals surface area contributed by atoms with E-state index < -0.39 is 0 Å². The van der Waals surface area contributed by atoms with Gasteiger partial charge in [0, 0.05) is 31.5 Å². The number of esters is 1. The van der Waals surface area contributed by atoms with Crippen LogP contribution in [0, 0.1) is 17.8 Å². The Balaban J connectivity index is 1.47. The van der Waals surface area contributed by atoms with Crippen LogP contribution < -0.4 is 0 Å². The zero-order valence-electron chi connectivity index (χ0n) is 20.6. The summed E-state index contributed by atoms with van der Waals surface area (Å²) in [7, 11) is 0. The molecule has 186 valence electrons. The minimum Gasteiger partial charge on any atom is -0.462 e. The van der Waals surface area contributed by atoms with Crippen molar-refractivity contribution in [1.82, 2.24) is 0 Å². The van der Waals surface area contributed by atoms with E-state index in [-0.39, 0.29) is 48.7 Å². The molecule has 8 atom stereocenters. The number of fused-ring (bicyclic) bond motifs is 1. The molecule has 3 aliphatic heterocycles. The summed E-state index contributed by atoms with van der Waals surface area (Å²) in [5.41, 5.74) is 1.32. The third kappa shape index (κ3) is 6.91. The maximum absolute atomic E-state index is 12.0. The lowest BCUT2D eigenvalue weighted by atomic mass is 9.90. The molecule has 3 unspecified atom stereocenters. The summed E-state index contributed by atoms with van der Waals surface area (Å²) >= 11 is 0. The van der Waals surface area contributed by atoms with Crippen molar-refractivity contribution in [2.75, 3.05) is 13.2 Å². The second kappa shape index (κ2) is 12.0. The molecule has 4 rings (SSSR count). The topological polar surface area (TPSA) is 63.2 Å². The lowest BCUT2D eigenvalue weighted by Crippen LogP contribution is -2.32. The molecule has 1 saturated carbocycles. The van der Waals surface area contributed by atoms with Crippen molar-refractivity contribution in [1.29, 1.82) is 0 Å². The molecule has 0 aromatic carbocycles. The second-order valence-electron chi connectivity index (χ2n) is 10.5. The van der Waals surface area contributed by atoms with Gasteiger partial charge >= 0.3 is 5.97 Å². The van der Waals surface area contributed by atoms with E-state index in [2.05, 4.69) is 39.0 Å². The predicted octanol–water partition coefficient (Wildman–Crippen LogP) is 5.31. The van der Waals surface area contributed by atoms with Crippen molar-refractivity contribution in [2.24, 2.45) is 17.8 Å². The average Bonchev–Trinajstić information content (AvgIpc) is 3.31. The number of carbonyl (C=O) groups excluding carboxylic acids is 1. The second-order valence-corrected chi connectivity index (χ2v) is 10.5. The molecule has 3 saturated heterocycles. The van der Waals surface area contributed by atoms with Crippen LogP contribution in [0.3, 0.4) is 0 Å². The van der Waals surface area contributed by atoms with Gasteiger partial charge in [-0.15, -0.1) is 0 Å². The first-order valence-electron chi connectivity index (χ1n) is 13.0. The van der Waals surface area contributed by atoms with E-state index in [4.69, 9.17) is 23.7 Å². The van der Waals surface area contributed by atoms with Crippen LogP contribution in [0.5, 0.6) is 0 Å². The van der Waals surface area contributed by atoms with Crippen LogP contribution in [0.25, 0.3) is 0 Å². The zero-order chi connectivity index (χ0) is 23.2. The lowest BCUT2D eigenvalue weighted by molar-refractivity contribution is -0.194. The van der Waals surface area contributed by atoms with Crippen LogP contribution in [0.1, 0.15) is 78.6 Å². The standard InChI is InChI=1S/C27H42O6/c1-18(2)10-11-19(3)22(32-26-8-4-6-14-29-26)13-12-20-21-16-25(28)31-24(21)17-23(20)33-27-9-5-7-15-30-27/h10,12-13,19-24,26-27H,4-9,11,14-17H2,1-3H3/t19?,20-,21-,22-,23-,24+,26?,27?/m1/s1. The molecule has 0 radical (unpaired) electrons. The lowest BCUT2D eigenvalue weighted by Gasteiger charge is -2.31. The summed E-state index contributed by atoms with van der Waals surface area (Å²) < 4.78 is 30.2. The number of rotatable bonds is 9. The van der Waals surface area contributed by atoms with E-state index in [0.717, 1.165) is 64.6 Å². The van der Waals surface area contributed by atoms with E-state index >= 15 is 0 Å². The molecule has 4 aliphatic rings. The Bertz CT molecular complexity index is 687. The Morgan fingerprint density at radius 2 is 1.82 bits per heavy atom. The summed E-state index contributed by atoms with van der Waals surface area (Å²) in [5, 5.41) is 0. The molecule has 6 heteroatoms. The molecule has 0 aromatic heterocycles. The predicted molar refractivity (Wildman–Crippen MR) is 125 cm³/mol. The van der Waals surface area contributed by atoms with Crippen LogP contribution in [0.15, 0.2) is 23.8 Å². The van der Waals surface area contributed by atoms with Gasteiger partial charge in [0.2, 0.25) is 0 Å². The molecular formula is C27H42O6. The summed E-state index contributed by atoms with van der Waals surface area (Å²) in [6, 6.07) is 0. The quantitative estimate of drug-likeness (QED) is 0.342. The average molecular weight is 463 g/mol. The Morgan fingerprint density at radius 3 is 2.48 bits per heavy atom. The van der Waals surface area contributed by atoms with Crippen LogP contribution in [0.4, 0.5) is 0 Å². The van der Waals surface area contributed by atoms with Crippen LogP contribution in [-0.4, -0.2) is 50.1 Å². The number of ether oxygens (including phenoxy) is 5. The number of hydrogen-bond acceptors (Lipinski definition) is 6. The van der Waals surface area contributed by atoms with Crippen LogP contribution in [0.2, 0.25) is 0 Å². The van der Waals surface area contributed by atoms with Crippen molar-refractivity contribution in [3.63, 3.8) is 0 Å². The fraction of sp³-hybridized carbons (Fsp3) is 0.815. The highest BCUT2D eigenvalue weighted by atomic mass is 16.7. The Hall–Kier alpha value is -1.21. The SMILES string of the molecule is CC(C)=CCC(C)[C@@H](C=C[C@@H]1[C@H]2CC(=O)O[C@H]2C[C@H]1OC1CCCCO1)OC1CCCCO1. The van der Waals surface area contributed by atoms with E-state index in [1.54, 1.807) is 0 Å². The van der Waals surface area contributed by atoms with Gasteiger partial charge in [0.05, 0.1) is 18.6 Å². The van der Waals surface area contributed by atoms with Gasteiger partial charge in [-0.05, 0) is 64.7 Å². The van der Waals surface area contributed by atoms with Gasteiger partial charge < -0.3 is 23.7 Å². The molecule has 33 heavy (non-hydrogen) atoms. The molecule has 1 aliphatic carbocycles. The number of carbonyl (C=O) groups is 1. The largest absolute Gasteiger partial charge is 0.462 e. The number of allylic oxidation sites excluding steroid dienone is 2. The van der Waals surface area contributed by atoms with Crippen molar-refractivity contribution in [2.45, 2.75) is 109 Å². The van der Waals surface area contributed by atoms with Crippen LogP contribution in [-0.2, 0) is 28.5 Å². The van der Waals surface area contributed by atoms with Gasteiger partial charge in [-0.1, -0.05) is 30.7 Å². The van der Waals surface area contributed by atoms with Gasteiger partial charge in [0.25, 0.3) is 0 Å². The van der Waals surface area contributed by atoms with Crippen molar-refractivity contribution in [3.05, 3.63) is 23.8 Å². The normalized spacial score (nSPS) is 36.4. The third-order valence-corrected chi connectivity index (χ3v) is 7.44. The molecule has 3 heterocycles. The first kappa shape index (κ1) is 24.9. The van der Waals surface area contributed by atoms with E-state index in [1.807, 2.05) is 0 Å². The molecule has 0 bridgehead atoms. The Kier molecular flexibility index (Phi) is 9.03. The maximum Gasteiger partial charge on any atom is 0.306 e. The van der Waals surface area contributed by atoms with Gasteiger partial charge in [-0.3, -0.25) is 4.79 Å². The summed E-state index contributed by atoms with van der Waals surface area (Å²) in [6.07, 6.45) is 14.9. The molecule has 0 spiro atoms. The minimum atomic E-state index is -0.145. The van der Waals surface area contributed by atoms with E-state index in [1.165, 1.54) is 5.57 Å². The first-order chi connectivity index (χ1) is 16.0. The smallest absolute Gasteiger partial charge is 0.306 e. The minimum absolute atomic E-state index is 0.00659. The monoisotopic (exact) mass is 462 g/mol. The van der Waals surface area contributed by atoms with E-state index in [9.17, 15) is 4.79 Å². The maximum atomic E-state index is 12.0. The molecule has 6 nitrogen and oxygen atoms in total. The van der Waals surface area contributed by atoms with Crippen molar-refractivity contribution < 1.29 is 28.5 Å². The summed E-state index contributed by atoms with van der Waals surface area (Å²) in [6.45, 7) is 8.04. The van der Waals surface area contributed by atoms with E-state index in [0.29, 0.717) is 12.3 Å². The fourth-order valence-corrected chi connectivity index (χ4v) is 5.48. The highest BCUT2D eigenvalue weighted by molar-refractivity contribution is 5.72.